The molecule has 4 rings (SSSR count). The van der Waals surface area contributed by atoms with Crippen LogP contribution in [-0.2, 0) is 13.0 Å². The molecule has 0 bridgehead atoms. The number of ether oxygens (including phenoxy) is 1. The number of amides is 2. The van der Waals surface area contributed by atoms with Crippen molar-refractivity contribution in [2.75, 3.05) is 11.9 Å². The lowest BCUT2D eigenvalue weighted by molar-refractivity contribution is 0.251. The third-order valence-corrected chi connectivity index (χ3v) is 4.77. The smallest absolute Gasteiger partial charge is 0.319 e. The molecule has 0 saturated heterocycles. The molecule has 0 unspecified atom stereocenters. The maximum Gasteiger partial charge on any atom is 0.319 e. The fourth-order valence-corrected chi connectivity index (χ4v) is 2.91. The van der Waals surface area contributed by atoms with Gasteiger partial charge in [-0.05, 0) is 59.7 Å². The maximum absolute atomic E-state index is 12.0. The molecular formula is C26H25ClN4O3. The fraction of sp³-hybridized carbons (Fsp3) is 0.115. The molecule has 0 atom stereocenters. The van der Waals surface area contributed by atoms with Gasteiger partial charge < -0.3 is 20.5 Å². The Morgan fingerprint density at radius 1 is 0.882 bits per heavy atom. The van der Waals surface area contributed by atoms with Crippen molar-refractivity contribution in [1.29, 1.82) is 0 Å². The van der Waals surface area contributed by atoms with E-state index in [0.717, 1.165) is 29.0 Å². The summed E-state index contributed by atoms with van der Waals surface area (Å²) in [5.74, 6) is 0.968. The molecule has 2 heterocycles. The molecule has 2 aromatic heterocycles. The summed E-state index contributed by atoms with van der Waals surface area (Å²) in [5.41, 5.74) is 2.85. The van der Waals surface area contributed by atoms with E-state index in [1.165, 1.54) is 6.20 Å². The third kappa shape index (κ3) is 9.18. The van der Waals surface area contributed by atoms with Crippen LogP contribution < -0.4 is 15.4 Å². The first-order valence-electron chi connectivity index (χ1n) is 10.6. The highest BCUT2D eigenvalue weighted by Gasteiger charge is 2.03. The number of urea groups is 1. The average Bonchev–Trinajstić information content (AvgIpc) is 2.86. The first-order valence-corrected chi connectivity index (χ1v) is 11.0. The highest BCUT2D eigenvalue weighted by Crippen LogP contribution is 2.12. The quantitative estimate of drug-likeness (QED) is 0.329. The summed E-state index contributed by atoms with van der Waals surface area (Å²) < 4.78 is 5.64. The summed E-state index contributed by atoms with van der Waals surface area (Å²) >= 11 is 5.85. The van der Waals surface area contributed by atoms with Gasteiger partial charge in [-0.2, -0.15) is 0 Å². The number of carbonyl (C=O) groups excluding carboxylic acids is 1. The Bertz CT molecular complexity index is 1130. The van der Waals surface area contributed by atoms with Gasteiger partial charge in [-0.15, -0.1) is 0 Å². The number of carbonyl (C=O) groups is 1. The van der Waals surface area contributed by atoms with Crippen LogP contribution in [0.5, 0.6) is 11.5 Å². The van der Waals surface area contributed by atoms with E-state index in [1.807, 2.05) is 48.5 Å². The van der Waals surface area contributed by atoms with E-state index in [1.54, 1.807) is 42.9 Å². The van der Waals surface area contributed by atoms with Crippen molar-refractivity contribution in [3.05, 3.63) is 114 Å². The molecule has 34 heavy (non-hydrogen) atoms. The van der Waals surface area contributed by atoms with Crippen LogP contribution >= 0.6 is 11.6 Å². The summed E-state index contributed by atoms with van der Waals surface area (Å²) in [6, 6.07) is 21.8. The van der Waals surface area contributed by atoms with E-state index in [2.05, 4.69) is 20.6 Å². The van der Waals surface area contributed by atoms with Crippen LogP contribution in [0.25, 0.3) is 0 Å². The standard InChI is InChI=1S/C21H20ClN3O2.C5H5NO/c22-18-7-3-17(4-8-18)14-24-21(26)25-19-9-5-16(6-10-19)11-13-27-20-2-1-12-23-15-20;7-5-2-1-3-6-4-5/h1-10,12,15H,11,13-14H2,(H2,24,25,26);1-4,7H. The van der Waals surface area contributed by atoms with Crippen molar-refractivity contribution in [3.8, 4) is 11.5 Å². The van der Waals surface area contributed by atoms with Gasteiger partial charge in [0.05, 0.1) is 19.0 Å². The summed E-state index contributed by atoms with van der Waals surface area (Å²) in [7, 11) is 0. The van der Waals surface area contributed by atoms with Gasteiger partial charge in [-0.1, -0.05) is 35.9 Å². The highest BCUT2D eigenvalue weighted by atomic mass is 35.5. The zero-order valence-electron chi connectivity index (χ0n) is 18.4. The number of rotatable bonds is 7. The molecule has 0 fully saturated rings. The van der Waals surface area contributed by atoms with Crippen LogP contribution in [-0.4, -0.2) is 27.7 Å². The average molecular weight is 477 g/mol. The number of pyridine rings is 2. The Morgan fingerprint density at radius 2 is 1.56 bits per heavy atom. The number of benzene rings is 2. The lowest BCUT2D eigenvalue weighted by Crippen LogP contribution is -2.28. The molecule has 2 aromatic carbocycles. The van der Waals surface area contributed by atoms with Crippen molar-refractivity contribution >= 4 is 23.3 Å². The molecule has 0 aliphatic carbocycles. The lowest BCUT2D eigenvalue weighted by atomic mass is 10.1. The zero-order chi connectivity index (χ0) is 24.0. The topological polar surface area (TPSA) is 96.4 Å². The molecule has 4 aromatic rings. The van der Waals surface area contributed by atoms with Gasteiger partial charge in [0.15, 0.2) is 0 Å². The molecule has 0 aliphatic heterocycles. The van der Waals surface area contributed by atoms with E-state index in [-0.39, 0.29) is 11.8 Å². The number of aromatic hydroxyl groups is 1. The van der Waals surface area contributed by atoms with E-state index in [0.29, 0.717) is 18.2 Å². The van der Waals surface area contributed by atoms with Crippen molar-refractivity contribution < 1.29 is 14.6 Å². The molecule has 0 saturated carbocycles. The monoisotopic (exact) mass is 476 g/mol. The number of anilines is 1. The molecule has 0 radical (unpaired) electrons. The second kappa shape index (κ2) is 13.4. The molecule has 174 valence electrons. The van der Waals surface area contributed by atoms with Crippen LogP contribution in [0.1, 0.15) is 11.1 Å². The number of nitrogens with zero attached hydrogens (tertiary/aromatic N) is 2. The van der Waals surface area contributed by atoms with E-state index in [4.69, 9.17) is 21.4 Å². The number of nitrogens with one attached hydrogen (secondary N) is 2. The molecule has 3 N–H and O–H groups in total. The van der Waals surface area contributed by atoms with E-state index >= 15 is 0 Å². The maximum atomic E-state index is 12.0. The van der Waals surface area contributed by atoms with Crippen LogP contribution in [0.3, 0.4) is 0 Å². The Labute approximate surface area is 203 Å². The van der Waals surface area contributed by atoms with Gasteiger partial charge in [0, 0.05) is 36.1 Å². The van der Waals surface area contributed by atoms with Crippen LogP contribution in [0, 0.1) is 0 Å². The van der Waals surface area contributed by atoms with Crippen molar-refractivity contribution in [2.24, 2.45) is 0 Å². The van der Waals surface area contributed by atoms with E-state index < -0.39 is 0 Å². The molecule has 7 nitrogen and oxygen atoms in total. The molecule has 2 amide bonds. The van der Waals surface area contributed by atoms with Gasteiger partial charge in [0.1, 0.15) is 11.5 Å². The van der Waals surface area contributed by atoms with Crippen molar-refractivity contribution in [3.63, 3.8) is 0 Å². The Morgan fingerprint density at radius 3 is 2.15 bits per heavy atom. The zero-order valence-corrected chi connectivity index (χ0v) is 19.2. The van der Waals surface area contributed by atoms with Gasteiger partial charge in [-0.25, -0.2) is 4.79 Å². The summed E-state index contributed by atoms with van der Waals surface area (Å²) in [6.45, 7) is 1.01. The van der Waals surface area contributed by atoms with Crippen LogP contribution in [0.15, 0.2) is 97.6 Å². The second-order valence-corrected chi connectivity index (χ2v) is 7.57. The van der Waals surface area contributed by atoms with Gasteiger partial charge in [0.25, 0.3) is 0 Å². The molecule has 0 spiro atoms. The summed E-state index contributed by atoms with van der Waals surface area (Å²) in [4.78, 5) is 19.6. The highest BCUT2D eigenvalue weighted by molar-refractivity contribution is 6.30. The van der Waals surface area contributed by atoms with Gasteiger partial charge in [0.2, 0.25) is 0 Å². The van der Waals surface area contributed by atoms with Crippen molar-refractivity contribution in [1.82, 2.24) is 15.3 Å². The van der Waals surface area contributed by atoms with Gasteiger partial charge in [-0.3, -0.25) is 9.97 Å². The number of aromatic nitrogens is 2. The van der Waals surface area contributed by atoms with Crippen LogP contribution in [0.4, 0.5) is 10.5 Å². The Kier molecular flexibility index (Phi) is 9.71. The normalized spacial score (nSPS) is 9.91. The largest absolute Gasteiger partial charge is 0.506 e. The molecular weight excluding hydrogens is 452 g/mol. The van der Waals surface area contributed by atoms with Crippen LogP contribution in [0.2, 0.25) is 5.02 Å². The summed E-state index contributed by atoms with van der Waals surface area (Å²) in [5, 5.41) is 14.9. The molecule has 0 aliphatic rings. The lowest BCUT2D eigenvalue weighted by Gasteiger charge is -2.09. The Hall–Kier alpha value is -4.10. The minimum atomic E-state index is -0.252. The minimum absolute atomic E-state index is 0.211. The SMILES string of the molecule is O=C(NCc1ccc(Cl)cc1)Nc1ccc(CCOc2cccnc2)cc1.Oc1cccnc1. The number of hydrogen-bond acceptors (Lipinski definition) is 5. The Balaban J connectivity index is 0.000000396. The molecule has 8 heteroatoms. The second-order valence-electron chi connectivity index (χ2n) is 7.13. The van der Waals surface area contributed by atoms with Crippen molar-refractivity contribution in [2.45, 2.75) is 13.0 Å². The minimum Gasteiger partial charge on any atom is -0.506 e. The predicted molar refractivity (Wildman–Crippen MR) is 133 cm³/mol. The number of halogens is 1. The predicted octanol–water partition coefficient (Wildman–Crippen LogP) is 5.47. The fourth-order valence-electron chi connectivity index (χ4n) is 2.79. The first kappa shape index (κ1) is 24.5. The van der Waals surface area contributed by atoms with E-state index in [9.17, 15) is 4.79 Å². The van der Waals surface area contributed by atoms with Gasteiger partial charge >= 0.3 is 6.03 Å². The number of hydrogen-bond donors (Lipinski definition) is 3. The third-order valence-electron chi connectivity index (χ3n) is 4.52. The first-order chi connectivity index (χ1) is 16.6. The summed E-state index contributed by atoms with van der Waals surface area (Å²) in [6.07, 6.45) is 7.18.